The van der Waals surface area contributed by atoms with Gasteiger partial charge in [-0.3, -0.25) is 0 Å². The highest BCUT2D eigenvalue weighted by atomic mass is 19.4. The topological polar surface area (TPSA) is 21.6 Å². The number of aryl methyl sites for hydroxylation is 1. The van der Waals surface area contributed by atoms with E-state index in [0.29, 0.717) is 5.56 Å². The van der Waals surface area contributed by atoms with Crippen LogP contribution in [0.15, 0.2) is 29.4 Å². The fourth-order valence-electron chi connectivity index (χ4n) is 1.01. The summed E-state index contributed by atoms with van der Waals surface area (Å²) < 4.78 is 35.0. The van der Waals surface area contributed by atoms with Gasteiger partial charge in [0.05, 0.1) is 0 Å². The Morgan fingerprint density at radius 2 is 1.88 bits per heavy atom. The normalized spacial score (nSPS) is 12.0. The number of benzene rings is 1. The van der Waals surface area contributed by atoms with Gasteiger partial charge in [-0.25, -0.2) is 0 Å². The molecule has 0 aliphatic heterocycles. The smallest absolute Gasteiger partial charge is 0.386 e. The summed E-state index contributed by atoms with van der Waals surface area (Å²) in [7, 11) is 0. The summed E-state index contributed by atoms with van der Waals surface area (Å²) in [4.78, 5) is 4.05. The van der Waals surface area contributed by atoms with Crippen LogP contribution in [0, 0.1) is 0 Å². The van der Waals surface area contributed by atoms with E-state index in [0.717, 1.165) is 12.0 Å². The molecule has 0 unspecified atom stereocenters. The Hall–Kier alpha value is -1.52. The number of nitrogens with zero attached hydrogens (tertiary/aromatic N) is 1. The van der Waals surface area contributed by atoms with Crippen LogP contribution >= 0.6 is 0 Å². The summed E-state index contributed by atoms with van der Waals surface area (Å²) in [5, 5.41) is 3.11. The lowest BCUT2D eigenvalue weighted by Gasteiger charge is -2.02. The third-order valence-electron chi connectivity index (χ3n) is 1.83. The van der Waals surface area contributed by atoms with Gasteiger partial charge in [0.15, 0.2) is 0 Å². The van der Waals surface area contributed by atoms with E-state index in [9.17, 15) is 13.2 Å². The van der Waals surface area contributed by atoms with Crippen LogP contribution in [0.1, 0.15) is 18.1 Å². The van der Waals surface area contributed by atoms with Crippen molar-refractivity contribution in [1.29, 1.82) is 0 Å². The molecular weight excluding hydrogens is 219 g/mol. The third-order valence-corrected chi connectivity index (χ3v) is 1.83. The summed E-state index contributed by atoms with van der Waals surface area (Å²) in [5.74, 6) is 0. The zero-order valence-electron chi connectivity index (χ0n) is 8.71. The molecule has 16 heavy (non-hydrogen) atoms. The quantitative estimate of drug-likeness (QED) is 0.575. The molecule has 0 heterocycles. The minimum absolute atomic E-state index is 0.583. The Labute approximate surface area is 91.7 Å². The summed E-state index contributed by atoms with van der Waals surface area (Å²) in [6.45, 7) is 0.617. The monoisotopic (exact) mass is 230 g/mol. The summed E-state index contributed by atoms with van der Waals surface area (Å²) in [6, 6.07) is 7.17. The lowest BCUT2D eigenvalue weighted by molar-refractivity contribution is -0.173. The SMILES string of the molecule is CCc1ccc(/[C]=N\OCC(F)(F)F)cc1. The largest absolute Gasteiger partial charge is 0.425 e. The molecule has 0 amide bonds. The van der Waals surface area contributed by atoms with E-state index in [1.807, 2.05) is 19.1 Å². The minimum Gasteiger partial charge on any atom is -0.386 e. The number of hydrogen-bond donors (Lipinski definition) is 0. The fraction of sp³-hybridized carbons (Fsp3) is 0.364. The molecule has 0 atom stereocenters. The first-order chi connectivity index (χ1) is 7.51. The van der Waals surface area contributed by atoms with E-state index in [1.54, 1.807) is 12.1 Å². The van der Waals surface area contributed by atoms with Gasteiger partial charge in [-0.05, 0) is 12.0 Å². The number of halogens is 3. The molecule has 1 rings (SSSR count). The van der Waals surface area contributed by atoms with E-state index in [1.165, 1.54) is 0 Å². The second-order valence-electron chi connectivity index (χ2n) is 3.14. The standard InChI is InChI=1S/C11H11F3NO/c1-2-9-3-5-10(6-4-9)7-15-16-8-11(12,13)14/h3-6H,2,8H2,1H3. The molecule has 2 nitrogen and oxygen atoms in total. The third kappa shape index (κ3) is 4.82. The van der Waals surface area contributed by atoms with Crippen LogP contribution in [0.5, 0.6) is 0 Å². The maximum Gasteiger partial charge on any atom is 0.425 e. The highest BCUT2D eigenvalue weighted by molar-refractivity contribution is 5.79. The first-order valence-corrected chi connectivity index (χ1v) is 4.75. The zero-order chi connectivity index (χ0) is 12.0. The number of alkyl halides is 3. The molecule has 0 N–H and O–H groups in total. The van der Waals surface area contributed by atoms with Gasteiger partial charge in [0.2, 0.25) is 6.61 Å². The van der Waals surface area contributed by atoms with Crippen LogP contribution in [0.3, 0.4) is 0 Å². The Morgan fingerprint density at radius 1 is 1.25 bits per heavy atom. The number of hydrogen-bond acceptors (Lipinski definition) is 2. The van der Waals surface area contributed by atoms with Crippen LogP contribution in [-0.4, -0.2) is 19.0 Å². The van der Waals surface area contributed by atoms with E-state index in [2.05, 4.69) is 16.2 Å². The Morgan fingerprint density at radius 3 is 2.38 bits per heavy atom. The highest BCUT2D eigenvalue weighted by Gasteiger charge is 2.28. The van der Waals surface area contributed by atoms with Crippen molar-refractivity contribution in [2.75, 3.05) is 6.61 Å². The van der Waals surface area contributed by atoms with Crippen LogP contribution in [-0.2, 0) is 11.3 Å². The molecule has 0 saturated heterocycles. The molecule has 87 valence electrons. The lowest BCUT2D eigenvalue weighted by atomic mass is 10.1. The van der Waals surface area contributed by atoms with Crippen LogP contribution in [0.25, 0.3) is 0 Å². The minimum atomic E-state index is -4.36. The molecule has 1 aromatic carbocycles. The molecule has 0 aliphatic carbocycles. The van der Waals surface area contributed by atoms with Gasteiger partial charge in [0.25, 0.3) is 0 Å². The summed E-state index contributed by atoms with van der Waals surface area (Å²) in [5.41, 5.74) is 1.72. The van der Waals surface area contributed by atoms with E-state index < -0.39 is 12.8 Å². The average molecular weight is 230 g/mol. The van der Waals surface area contributed by atoms with Crippen molar-refractivity contribution in [3.05, 3.63) is 35.4 Å². The number of rotatable bonds is 4. The second-order valence-corrected chi connectivity index (χ2v) is 3.14. The fourth-order valence-corrected chi connectivity index (χ4v) is 1.01. The van der Waals surface area contributed by atoms with Crippen molar-refractivity contribution in [2.45, 2.75) is 19.5 Å². The molecule has 0 bridgehead atoms. The van der Waals surface area contributed by atoms with E-state index >= 15 is 0 Å². The van der Waals surface area contributed by atoms with Crippen molar-refractivity contribution in [3.63, 3.8) is 0 Å². The molecule has 0 aromatic heterocycles. The van der Waals surface area contributed by atoms with Gasteiger partial charge < -0.3 is 4.84 Å². The Bertz CT molecular complexity index is 343. The maximum atomic E-state index is 11.7. The molecule has 1 aromatic rings. The van der Waals surface area contributed by atoms with Gasteiger partial charge >= 0.3 is 6.18 Å². The van der Waals surface area contributed by atoms with Gasteiger partial charge in [0, 0.05) is 5.56 Å². The summed E-state index contributed by atoms with van der Waals surface area (Å²) in [6.07, 6.45) is -1.09. The average Bonchev–Trinajstić information content (AvgIpc) is 2.24. The van der Waals surface area contributed by atoms with Crippen molar-refractivity contribution in [2.24, 2.45) is 5.16 Å². The predicted molar refractivity (Wildman–Crippen MR) is 54.4 cm³/mol. The Balaban J connectivity index is 2.44. The lowest BCUT2D eigenvalue weighted by Crippen LogP contribution is -2.14. The van der Waals surface area contributed by atoms with Crippen LogP contribution in [0.4, 0.5) is 13.2 Å². The predicted octanol–water partition coefficient (Wildman–Crippen LogP) is 3.04. The first kappa shape index (κ1) is 12.5. The highest BCUT2D eigenvalue weighted by Crippen LogP contribution is 2.14. The van der Waals surface area contributed by atoms with Gasteiger partial charge in [-0.1, -0.05) is 36.3 Å². The van der Waals surface area contributed by atoms with Crippen molar-refractivity contribution in [3.8, 4) is 0 Å². The molecule has 1 radical (unpaired) electrons. The molecule has 0 spiro atoms. The Kier molecular flexibility index (Phi) is 4.34. The second kappa shape index (κ2) is 5.53. The van der Waals surface area contributed by atoms with Gasteiger partial charge in [-0.15, -0.1) is 0 Å². The van der Waals surface area contributed by atoms with E-state index in [4.69, 9.17) is 0 Å². The summed E-state index contributed by atoms with van der Waals surface area (Å²) >= 11 is 0. The zero-order valence-corrected chi connectivity index (χ0v) is 8.71. The molecule has 0 saturated carbocycles. The first-order valence-electron chi connectivity index (χ1n) is 4.75. The van der Waals surface area contributed by atoms with Crippen molar-refractivity contribution >= 4 is 6.21 Å². The molecular formula is C11H11F3NO. The molecule has 5 heteroatoms. The van der Waals surface area contributed by atoms with E-state index in [-0.39, 0.29) is 0 Å². The van der Waals surface area contributed by atoms with Gasteiger partial charge in [0.1, 0.15) is 6.21 Å². The van der Waals surface area contributed by atoms with Gasteiger partial charge in [-0.2, -0.15) is 13.2 Å². The van der Waals surface area contributed by atoms with Crippen molar-refractivity contribution < 1.29 is 18.0 Å². The molecule has 0 aliphatic rings. The van der Waals surface area contributed by atoms with Crippen molar-refractivity contribution in [1.82, 2.24) is 0 Å². The van der Waals surface area contributed by atoms with Crippen LogP contribution < -0.4 is 0 Å². The maximum absolute atomic E-state index is 11.7. The molecule has 0 fully saturated rings. The van der Waals surface area contributed by atoms with Crippen LogP contribution in [0.2, 0.25) is 0 Å².